The highest BCUT2D eigenvalue weighted by Gasteiger charge is 2.52. The number of amides is 1. The molecule has 1 saturated carbocycles. The Morgan fingerprint density at radius 2 is 1.89 bits per heavy atom. The molecule has 0 atom stereocenters. The molecule has 18 heavy (non-hydrogen) atoms. The minimum absolute atomic E-state index is 0.282. The molecule has 2 rings (SSSR count). The molecule has 4 heteroatoms. The highest BCUT2D eigenvalue weighted by atomic mass is 16.4. The monoisotopic (exact) mass is 247 g/mol. The van der Waals surface area contributed by atoms with Crippen LogP contribution in [-0.2, 0) is 9.59 Å². The first-order valence-corrected chi connectivity index (χ1v) is 6.22. The third kappa shape index (κ3) is 1.88. The maximum absolute atomic E-state index is 12.5. The summed E-state index contributed by atoms with van der Waals surface area (Å²) >= 11 is 0. The van der Waals surface area contributed by atoms with Gasteiger partial charge in [-0.15, -0.1) is 0 Å². The van der Waals surface area contributed by atoms with Crippen LogP contribution in [0.3, 0.4) is 0 Å². The minimum atomic E-state index is -1.19. The second kappa shape index (κ2) is 4.80. The lowest BCUT2D eigenvalue weighted by Crippen LogP contribution is -2.52. The number of carboxylic acids is 1. The van der Waals surface area contributed by atoms with Crippen molar-refractivity contribution in [1.29, 1.82) is 0 Å². The molecule has 0 spiro atoms. The van der Waals surface area contributed by atoms with Crippen LogP contribution in [0, 0.1) is 5.41 Å². The summed E-state index contributed by atoms with van der Waals surface area (Å²) in [5.41, 5.74) is -0.427. The van der Waals surface area contributed by atoms with Gasteiger partial charge in [0, 0.05) is 12.2 Å². The summed E-state index contributed by atoms with van der Waals surface area (Å²) in [7, 11) is 0. The third-order valence-electron chi connectivity index (χ3n) is 3.66. The standard InChI is InChI=1S/C14H17NO3/c1-2-15(11-7-4-3-5-8-11)12(16)14(13(17)18)9-6-10-14/h3-5,7-8H,2,6,9-10H2,1H3,(H,17,18). The number of carbonyl (C=O) groups excluding carboxylic acids is 1. The molecular weight excluding hydrogens is 230 g/mol. The fourth-order valence-electron chi connectivity index (χ4n) is 2.36. The quantitative estimate of drug-likeness (QED) is 0.830. The van der Waals surface area contributed by atoms with E-state index in [4.69, 9.17) is 0 Å². The Balaban J connectivity index is 2.29. The van der Waals surface area contributed by atoms with E-state index in [0.717, 1.165) is 12.1 Å². The third-order valence-corrected chi connectivity index (χ3v) is 3.66. The van der Waals surface area contributed by atoms with Gasteiger partial charge in [-0.1, -0.05) is 24.6 Å². The summed E-state index contributed by atoms with van der Waals surface area (Å²) in [6.45, 7) is 2.34. The Hall–Kier alpha value is -1.84. The van der Waals surface area contributed by atoms with Gasteiger partial charge in [0.25, 0.3) is 0 Å². The molecule has 0 bridgehead atoms. The number of aliphatic carboxylic acids is 1. The molecule has 0 unspecified atom stereocenters. The lowest BCUT2D eigenvalue weighted by molar-refractivity contribution is -0.160. The second-order valence-electron chi connectivity index (χ2n) is 4.63. The molecule has 96 valence electrons. The molecule has 0 aromatic heterocycles. The van der Waals surface area contributed by atoms with Crippen LogP contribution < -0.4 is 4.90 Å². The number of carbonyl (C=O) groups is 2. The summed E-state index contributed by atoms with van der Waals surface area (Å²) in [5.74, 6) is -1.27. The smallest absolute Gasteiger partial charge is 0.319 e. The van der Waals surface area contributed by atoms with E-state index in [1.54, 1.807) is 4.90 Å². The second-order valence-corrected chi connectivity index (χ2v) is 4.63. The predicted octanol–water partition coefficient (Wildman–Crippen LogP) is 2.29. The summed E-state index contributed by atoms with van der Waals surface area (Å²) in [4.78, 5) is 25.4. The average molecular weight is 247 g/mol. The van der Waals surface area contributed by atoms with Crippen molar-refractivity contribution >= 4 is 17.6 Å². The number of benzene rings is 1. The first kappa shape index (κ1) is 12.6. The Morgan fingerprint density at radius 3 is 2.28 bits per heavy atom. The molecule has 1 fully saturated rings. The number of carboxylic acid groups (broad SMARTS) is 1. The fourth-order valence-corrected chi connectivity index (χ4v) is 2.36. The van der Waals surface area contributed by atoms with E-state index < -0.39 is 11.4 Å². The summed E-state index contributed by atoms with van der Waals surface area (Å²) in [6.07, 6.45) is 1.71. The summed E-state index contributed by atoms with van der Waals surface area (Å²) in [5, 5.41) is 9.30. The zero-order valence-electron chi connectivity index (χ0n) is 10.4. The van der Waals surface area contributed by atoms with Crippen molar-refractivity contribution in [2.24, 2.45) is 5.41 Å². The molecule has 0 aliphatic heterocycles. The van der Waals surface area contributed by atoms with Gasteiger partial charge in [0.1, 0.15) is 5.41 Å². The Labute approximate surface area is 106 Å². The Morgan fingerprint density at radius 1 is 1.28 bits per heavy atom. The Bertz CT molecular complexity index is 451. The lowest BCUT2D eigenvalue weighted by Gasteiger charge is -2.39. The van der Waals surface area contributed by atoms with Crippen molar-refractivity contribution in [1.82, 2.24) is 0 Å². The number of para-hydroxylation sites is 1. The van der Waals surface area contributed by atoms with Gasteiger partial charge in [0.15, 0.2) is 0 Å². The molecule has 1 amide bonds. The van der Waals surface area contributed by atoms with Crippen molar-refractivity contribution in [3.05, 3.63) is 30.3 Å². The van der Waals surface area contributed by atoms with E-state index >= 15 is 0 Å². The summed E-state index contributed by atoms with van der Waals surface area (Å²) in [6, 6.07) is 9.22. The van der Waals surface area contributed by atoms with Gasteiger partial charge in [-0.3, -0.25) is 9.59 Å². The highest BCUT2D eigenvalue weighted by molar-refractivity contribution is 6.10. The zero-order valence-corrected chi connectivity index (χ0v) is 10.4. The van der Waals surface area contributed by atoms with E-state index in [9.17, 15) is 14.7 Å². The van der Waals surface area contributed by atoms with Crippen molar-refractivity contribution < 1.29 is 14.7 Å². The van der Waals surface area contributed by atoms with E-state index in [2.05, 4.69) is 0 Å². The van der Waals surface area contributed by atoms with Crippen LogP contribution in [0.2, 0.25) is 0 Å². The van der Waals surface area contributed by atoms with Gasteiger partial charge < -0.3 is 10.0 Å². The van der Waals surface area contributed by atoms with Crippen molar-refractivity contribution in [2.75, 3.05) is 11.4 Å². The molecule has 0 heterocycles. The normalized spacial score (nSPS) is 16.7. The van der Waals surface area contributed by atoms with Gasteiger partial charge in [-0.2, -0.15) is 0 Å². The fraction of sp³-hybridized carbons (Fsp3) is 0.429. The number of hydrogen-bond acceptors (Lipinski definition) is 2. The number of rotatable bonds is 4. The van der Waals surface area contributed by atoms with Crippen LogP contribution in [0.4, 0.5) is 5.69 Å². The van der Waals surface area contributed by atoms with Crippen molar-refractivity contribution in [2.45, 2.75) is 26.2 Å². The van der Waals surface area contributed by atoms with Crippen LogP contribution in [-0.4, -0.2) is 23.5 Å². The molecule has 4 nitrogen and oxygen atoms in total. The van der Waals surface area contributed by atoms with Crippen molar-refractivity contribution in [3.63, 3.8) is 0 Å². The first-order valence-electron chi connectivity index (χ1n) is 6.22. The molecule has 1 aliphatic carbocycles. The van der Waals surface area contributed by atoms with E-state index in [0.29, 0.717) is 19.4 Å². The number of anilines is 1. The van der Waals surface area contributed by atoms with Gasteiger partial charge in [0.05, 0.1) is 0 Å². The van der Waals surface area contributed by atoms with Crippen LogP contribution in [0.5, 0.6) is 0 Å². The van der Waals surface area contributed by atoms with E-state index in [-0.39, 0.29) is 5.91 Å². The van der Waals surface area contributed by atoms with Gasteiger partial charge >= 0.3 is 5.97 Å². The molecule has 1 aromatic carbocycles. The molecule has 1 aromatic rings. The van der Waals surface area contributed by atoms with Crippen LogP contribution >= 0.6 is 0 Å². The lowest BCUT2D eigenvalue weighted by atomic mass is 9.67. The maximum Gasteiger partial charge on any atom is 0.319 e. The molecule has 0 saturated heterocycles. The Kier molecular flexibility index (Phi) is 3.36. The first-order chi connectivity index (χ1) is 8.62. The molecule has 0 radical (unpaired) electrons. The van der Waals surface area contributed by atoms with Crippen molar-refractivity contribution in [3.8, 4) is 0 Å². The molecular formula is C14H17NO3. The number of hydrogen-bond donors (Lipinski definition) is 1. The van der Waals surface area contributed by atoms with Gasteiger partial charge in [-0.05, 0) is 31.9 Å². The predicted molar refractivity (Wildman–Crippen MR) is 68.4 cm³/mol. The summed E-state index contributed by atoms with van der Waals surface area (Å²) < 4.78 is 0. The minimum Gasteiger partial charge on any atom is -0.480 e. The highest BCUT2D eigenvalue weighted by Crippen LogP contribution is 2.43. The van der Waals surface area contributed by atoms with Crippen LogP contribution in [0.1, 0.15) is 26.2 Å². The van der Waals surface area contributed by atoms with E-state index in [1.807, 2.05) is 37.3 Å². The largest absolute Gasteiger partial charge is 0.480 e. The topological polar surface area (TPSA) is 57.6 Å². The van der Waals surface area contributed by atoms with Crippen LogP contribution in [0.15, 0.2) is 30.3 Å². The van der Waals surface area contributed by atoms with E-state index in [1.165, 1.54) is 0 Å². The zero-order chi connectivity index (χ0) is 13.2. The SMILES string of the molecule is CCN(C(=O)C1(C(=O)O)CCC1)c1ccccc1. The average Bonchev–Trinajstić information content (AvgIpc) is 2.29. The van der Waals surface area contributed by atoms with Gasteiger partial charge in [0.2, 0.25) is 5.91 Å². The van der Waals surface area contributed by atoms with Crippen LogP contribution in [0.25, 0.3) is 0 Å². The van der Waals surface area contributed by atoms with Gasteiger partial charge in [-0.25, -0.2) is 0 Å². The molecule has 1 N–H and O–H groups in total. The molecule has 1 aliphatic rings. The maximum atomic E-state index is 12.5. The number of nitrogens with zero attached hydrogens (tertiary/aromatic N) is 1.